The van der Waals surface area contributed by atoms with Crippen molar-refractivity contribution in [3.05, 3.63) is 35.9 Å². The summed E-state index contributed by atoms with van der Waals surface area (Å²) in [6.45, 7) is 2.00. The number of aromatic nitrogens is 3. The molecule has 0 bridgehead atoms. The van der Waals surface area contributed by atoms with Crippen molar-refractivity contribution in [2.75, 3.05) is 7.05 Å². The number of benzene rings is 1. The molecular formula is C12H15FN4S. The van der Waals surface area contributed by atoms with Gasteiger partial charge >= 0.3 is 0 Å². The molecule has 18 heavy (non-hydrogen) atoms. The lowest BCUT2D eigenvalue weighted by Gasteiger charge is -2.15. The third-order valence-electron chi connectivity index (χ3n) is 2.76. The van der Waals surface area contributed by atoms with Gasteiger partial charge in [0, 0.05) is 13.1 Å². The molecule has 0 aliphatic rings. The second-order valence-corrected chi connectivity index (χ2v) is 4.91. The molecule has 0 radical (unpaired) electrons. The first-order valence-electron chi connectivity index (χ1n) is 5.61. The lowest BCUT2D eigenvalue weighted by atomic mass is 10.1. The topological polar surface area (TPSA) is 42.7 Å². The Labute approximate surface area is 110 Å². The van der Waals surface area contributed by atoms with Gasteiger partial charge in [0.1, 0.15) is 12.1 Å². The molecule has 0 saturated heterocycles. The standard InChI is InChI=1S/C12H15FN4S/c1-8(14-2)9-5-4-6-10(13)11(9)18-12-15-7-16-17(12)3/h4-8,14H,1-3H3. The molecule has 96 valence electrons. The first kappa shape index (κ1) is 13.0. The molecular weight excluding hydrogens is 251 g/mol. The highest BCUT2D eigenvalue weighted by Gasteiger charge is 2.16. The largest absolute Gasteiger partial charge is 0.313 e. The van der Waals surface area contributed by atoms with Crippen molar-refractivity contribution in [2.24, 2.45) is 7.05 Å². The lowest BCUT2D eigenvalue weighted by Crippen LogP contribution is -2.13. The third kappa shape index (κ3) is 2.54. The number of nitrogens with one attached hydrogen (secondary N) is 1. The van der Waals surface area contributed by atoms with E-state index in [1.165, 1.54) is 24.2 Å². The number of aryl methyl sites for hydroxylation is 1. The minimum atomic E-state index is -0.234. The Kier molecular flexibility index (Phi) is 3.98. The molecule has 0 aliphatic carbocycles. The zero-order valence-corrected chi connectivity index (χ0v) is 11.3. The summed E-state index contributed by atoms with van der Waals surface area (Å²) in [6.07, 6.45) is 1.46. The summed E-state index contributed by atoms with van der Waals surface area (Å²) in [5.41, 5.74) is 0.922. The van der Waals surface area contributed by atoms with E-state index in [4.69, 9.17) is 0 Å². The number of halogens is 1. The van der Waals surface area contributed by atoms with Crippen LogP contribution in [0.3, 0.4) is 0 Å². The van der Waals surface area contributed by atoms with Crippen LogP contribution >= 0.6 is 11.8 Å². The van der Waals surface area contributed by atoms with Crippen molar-refractivity contribution in [3.8, 4) is 0 Å². The predicted molar refractivity (Wildman–Crippen MR) is 69.0 cm³/mol. The Morgan fingerprint density at radius 3 is 2.83 bits per heavy atom. The van der Waals surface area contributed by atoms with Gasteiger partial charge < -0.3 is 5.32 Å². The van der Waals surface area contributed by atoms with Gasteiger partial charge in [-0.2, -0.15) is 5.10 Å². The van der Waals surface area contributed by atoms with Crippen LogP contribution in [-0.2, 0) is 7.05 Å². The van der Waals surface area contributed by atoms with Crippen molar-refractivity contribution >= 4 is 11.8 Å². The number of hydrogen-bond donors (Lipinski definition) is 1. The van der Waals surface area contributed by atoms with E-state index in [1.807, 2.05) is 20.0 Å². The normalized spacial score (nSPS) is 12.7. The van der Waals surface area contributed by atoms with Gasteiger partial charge in [0.25, 0.3) is 0 Å². The van der Waals surface area contributed by atoms with Gasteiger partial charge in [-0.05, 0) is 37.4 Å². The summed E-state index contributed by atoms with van der Waals surface area (Å²) in [7, 11) is 3.64. The summed E-state index contributed by atoms with van der Waals surface area (Å²) < 4.78 is 15.6. The van der Waals surface area contributed by atoms with Crippen molar-refractivity contribution in [3.63, 3.8) is 0 Å². The molecule has 6 heteroatoms. The van der Waals surface area contributed by atoms with Crippen LogP contribution in [-0.4, -0.2) is 21.8 Å². The Hall–Kier alpha value is -1.40. The van der Waals surface area contributed by atoms with Crippen LogP contribution in [0.1, 0.15) is 18.5 Å². The summed E-state index contributed by atoms with van der Waals surface area (Å²) in [4.78, 5) is 4.70. The summed E-state index contributed by atoms with van der Waals surface area (Å²) in [5.74, 6) is -0.234. The Bertz CT molecular complexity index is 541. The van der Waals surface area contributed by atoms with Crippen LogP contribution in [0.15, 0.2) is 34.6 Å². The molecule has 0 saturated carbocycles. The fraction of sp³-hybridized carbons (Fsp3) is 0.333. The van der Waals surface area contributed by atoms with Crippen molar-refractivity contribution in [2.45, 2.75) is 23.0 Å². The van der Waals surface area contributed by atoms with Gasteiger partial charge in [0.2, 0.25) is 0 Å². The van der Waals surface area contributed by atoms with Crippen LogP contribution < -0.4 is 5.32 Å². The molecule has 1 aromatic carbocycles. The van der Waals surface area contributed by atoms with Crippen LogP contribution in [0.2, 0.25) is 0 Å². The molecule has 1 heterocycles. The van der Waals surface area contributed by atoms with Crippen molar-refractivity contribution in [1.82, 2.24) is 20.1 Å². The molecule has 1 unspecified atom stereocenters. The second kappa shape index (κ2) is 5.49. The molecule has 1 atom stereocenters. The minimum Gasteiger partial charge on any atom is -0.313 e. The van der Waals surface area contributed by atoms with E-state index in [1.54, 1.807) is 17.8 Å². The molecule has 2 aromatic rings. The minimum absolute atomic E-state index is 0.0800. The number of nitrogens with zero attached hydrogens (tertiary/aromatic N) is 3. The Morgan fingerprint density at radius 1 is 1.44 bits per heavy atom. The second-order valence-electron chi connectivity index (χ2n) is 3.94. The van der Waals surface area contributed by atoms with Crippen molar-refractivity contribution < 1.29 is 4.39 Å². The van der Waals surface area contributed by atoms with Gasteiger partial charge in [-0.15, -0.1) is 0 Å². The number of hydrogen-bond acceptors (Lipinski definition) is 4. The Balaban J connectivity index is 2.40. The maximum Gasteiger partial charge on any atom is 0.190 e. The zero-order chi connectivity index (χ0) is 13.1. The SMILES string of the molecule is CNC(C)c1cccc(F)c1Sc1ncnn1C. The third-order valence-corrected chi connectivity index (χ3v) is 3.95. The van der Waals surface area contributed by atoms with Gasteiger partial charge in [0.05, 0.1) is 4.90 Å². The average Bonchev–Trinajstić information content (AvgIpc) is 2.76. The highest BCUT2D eigenvalue weighted by atomic mass is 32.2. The zero-order valence-electron chi connectivity index (χ0n) is 10.5. The molecule has 1 aromatic heterocycles. The molecule has 2 rings (SSSR count). The highest BCUT2D eigenvalue weighted by Crippen LogP contribution is 2.33. The fourth-order valence-corrected chi connectivity index (χ4v) is 2.59. The average molecular weight is 266 g/mol. The molecule has 1 N–H and O–H groups in total. The van der Waals surface area contributed by atoms with Crippen LogP contribution in [0.4, 0.5) is 4.39 Å². The fourth-order valence-electron chi connectivity index (χ4n) is 1.60. The van der Waals surface area contributed by atoms with Gasteiger partial charge in [-0.3, -0.25) is 0 Å². The van der Waals surface area contributed by atoms with E-state index in [2.05, 4.69) is 15.4 Å². The smallest absolute Gasteiger partial charge is 0.190 e. The van der Waals surface area contributed by atoms with E-state index in [0.717, 1.165) is 5.56 Å². The summed E-state index contributed by atoms with van der Waals surface area (Å²) >= 11 is 1.29. The van der Waals surface area contributed by atoms with Crippen LogP contribution in [0.25, 0.3) is 0 Å². The predicted octanol–water partition coefficient (Wildman–Crippen LogP) is 2.39. The van der Waals surface area contributed by atoms with Crippen LogP contribution in [0.5, 0.6) is 0 Å². The van der Waals surface area contributed by atoms with Gasteiger partial charge in [0.15, 0.2) is 5.16 Å². The van der Waals surface area contributed by atoms with Crippen LogP contribution in [0, 0.1) is 5.82 Å². The molecule has 0 amide bonds. The molecule has 4 nitrogen and oxygen atoms in total. The highest BCUT2D eigenvalue weighted by molar-refractivity contribution is 7.99. The molecule has 0 spiro atoms. The van der Waals surface area contributed by atoms with E-state index in [9.17, 15) is 4.39 Å². The maximum atomic E-state index is 14.0. The lowest BCUT2D eigenvalue weighted by molar-refractivity contribution is 0.574. The molecule has 0 aliphatic heterocycles. The maximum absolute atomic E-state index is 14.0. The van der Waals surface area contributed by atoms with Gasteiger partial charge in [-0.1, -0.05) is 12.1 Å². The van der Waals surface area contributed by atoms with Gasteiger partial charge in [-0.25, -0.2) is 14.1 Å². The first-order chi connectivity index (χ1) is 8.63. The van der Waals surface area contributed by atoms with E-state index in [-0.39, 0.29) is 11.9 Å². The Morgan fingerprint density at radius 2 is 2.22 bits per heavy atom. The number of rotatable bonds is 4. The first-order valence-corrected chi connectivity index (χ1v) is 6.42. The van der Waals surface area contributed by atoms with E-state index in [0.29, 0.717) is 10.1 Å². The van der Waals surface area contributed by atoms with E-state index >= 15 is 0 Å². The quantitative estimate of drug-likeness (QED) is 0.922. The molecule has 0 fully saturated rings. The monoisotopic (exact) mass is 266 g/mol. The van der Waals surface area contributed by atoms with Crippen molar-refractivity contribution in [1.29, 1.82) is 0 Å². The summed E-state index contributed by atoms with van der Waals surface area (Å²) in [6, 6.07) is 5.18. The summed E-state index contributed by atoms with van der Waals surface area (Å²) in [5, 5.41) is 7.77. The van der Waals surface area contributed by atoms with E-state index < -0.39 is 0 Å².